The van der Waals surface area contributed by atoms with Gasteiger partial charge in [-0.15, -0.1) is 0 Å². The van der Waals surface area contributed by atoms with E-state index in [9.17, 15) is 9.59 Å². The molecule has 128 valence electrons. The van der Waals surface area contributed by atoms with Gasteiger partial charge in [-0.25, -0.2) is 9.59 Å². The summed E-state index contributed by atoms with van der Waals surface area (Å²) in [5, 5.41) is 3.35. The molecule has 5 nitrogen and oxygen atoms in total. The minimum atomic E-state index is -0.775. The number of benzene rings is 1. The molecule has 1 aromatic carbocycles. The molecule has 1 atom stereocenters. The SMILES string of the molecule is CC(C)(C)OC(=O)N[C@@H](Cc1ccccc1)C(=O)OCCCBr. The minimum absolute atomic E-state index is 0.311. The zero-order valence-electron chi connectivity index (χ0n) is 13.8. The zero-order valence-corrected chi connectivity index (χ0v) is 15.4. The first-order valence-corrected chi connectivity index (χ1v) is 8.70. The van der Waals surface area contributed by atoms with Gasteiger partial charge in [0.2, 0.25) is 0 Å². The van der Waals surface area contributed by atoms with Crippen LogP contribution in [0, 0.1) is 0 Å². The number of carbonyl (C=O) groups is 2. The Balaban J connectivity index is 2.71. The van der Waals surface area contributed by atoms with Crippen LogP contribution >= 0.6 is 15.9 Å². The number of alkyl carbamates (subject to hydrolysis) is 1. The van der Waals surface area contributed by atoms with Crippen LogP contribution in [0.5, 0.6) is 0 Å². The van der Waals surface area contributed by atoms with Crippen molar-refractivity contribution in [3.63, 3.8) is 0 Å². The van der Waals surface area contributed by atoms with Crippen molar-refractivity contribution in [2.24, 2.45) is 0 Å². The molecule has 0 aliphatic carbocycles. The summed E-state index contributed by atoms with van der Waals surface area (Å²) in [6.07, 6.45) is 0.444. The van der Waals surface area contributed by atoms with Gasteiger partial charge in [-0.1, -0.05) is 46.3 Å². The number of carbonyl (C=O) groups excluding carboxylic acids is 2. The fraction of sp³-hybridized carbons (Fsp3) is 0.529. The van der Waals surface area contributed by atoms with E-state index in [0.29, 0.717) is 13.0 Å². The molecule has 0 heterocycles. The van der Waals surface area contributed by atoms with Crippen molar-refractivity contribution in [3.8, 4) is 0 Å². The van der Waals surface area contributed by atoms with Crippen LogP contribution in [0.4, 0.5) is 4.79 Å². The topological polar surface area (TPSA) is 64.6 Å². The van der Waals surface area contributed by atoms with Crippen molar-refractivity contribution in [1.82, 2.24) is 5.32 Å². The number of hydrogen-bond acceptors (Lipinski definition) is 4. The summed E-state index contributed by atoms with van der Waals surface area (Å²) in [6.45, 7) is 5.62. The minimum Gasteiger partial charge on any atom is -0.464 e. The summed E-state index contributed by atoms with van der Waals surface area (Å²) < 4.78 is 10.4. The van der Waals surface area contributed by atoms with Crippen LogP contribution in [0.15, 0.2) is 30.3 Å². The van der Waals surface area contributed by atoms with E-state index in [1.54, 1.807) is 20.8 Å². The third-order valence-electron chi connectivity index (χ3n) is 2.78. The number of nitrogens with one attached hydrogen (secondary N) is 1. The Hall–Kier alpha value is -1.56. The van der Waals surface area contributed by atoms with Crippen molar-refractivity contribution in [2.45, 2.75) is 45.3 Å². The van der Waals surface area contributed by atoms with Gasteiger partial charge in [-0.05, 0) is 32.8 Å². The highest BCUT2D eigenvalue weighted by Crippen LogP contribution is 2.09. The molecule has 0 aliphatic rings. The van der Waals surface area contributed by atoms with Crippen molar-refractivity contribution in [1.29, 1.82) is 0 Å². The van der Waals surface area contributed by atoms with Crippen molar-refractivity contribution < 1.29 is 19.1 Å². The quantitative estimate of drug-likeness (QED) is 0.443. The molecule has 0 radical (unpaired) electrons. The molecule has 1 aromatic rings. The lowest BCUT2D eigenvalue weighted by Crippen LogP contribution is -2.45. The lowest BCUT2D eigenvalue weighted by atomic mass is 10.1. The number of amides is 1. The summed E-state index contributed by atoms with van der Waals surface area (Å²) in [6, 6.07) is 8.69. The third kappa shape index (κ3) is 8.59. The molecule has 0 aliphatic heterocycles. The van der Waals surface area contributed by atoms with E-state index in [0.717, 1.165) is 17.3 Å². The molecule has 0 saturated heterocycles. The highest BCUT2D eigenvalue weighted by molar-refractivity contribution is 9.09. The Morgan fingerprint density at radius 3 is 2.43 bits per heavy atom. The summed E-state index contributed by atoms with van der Waals surface area (Å²) in [7, 11) is 0. The lowest BCUT2D eigenvalue weighted by molar-refractivity contribution is -0.146. The fourth-order valence-electron chi connectivity index (χ4n) is 1.82. The van der Waals surface area contributed by atoms with E-state index in [4.69, 9.17) is 9.47 Å². The second kappa shape index (κ2) is 9.55. The van der Waals surface area contributed by atoms with E-state index < -0.39 is 23.7 Å². The van der Waals surface area contributed by atoms with Crippen LogP contribution in [-0.4, -0.2) is 35.6 Å². The number of alkyl halides is 1. The van der Waals surface area contributed by atoms with E-state index >= 15 is 0 Å². The maximum Gasteiger partial charge on any atom is 0.408 e. The van der Waals surface area contributed by atoms with Crippen molar-refractivity contribution >= 4 is 28.0 Å². The van der Waals surface area contributed by atoms with Gasteiger partial charge < -0.3 is 14.8 Å². The number of halogens is 1. The van der Waals surface area contributed by atoms with E-state index in [1.807, 2.05) is 30.3 Å². The highest BCUT2D eigenvalue weighted by Gasteiger charge is 2.25. The van der Waals surface area contributed by atoms with Crippen LogP contribution in [0.25, 0.3) is 0 Å². The van der Waals surface area contributed by atoms with Crippen molar-refractivity contribution in [3.05, 3.63) is 35.9 Å². The number of esters is 1. The van der Waals surface area contributed by atoms with Crippen molar-refractivity contribution in [2.75, 3.05) is 11.9 Å². The smallest absolute Gasteiger partial charge is 0.408 e. The van der Waals surface area contributed by atoms with Gasteiger partial charge in [-0.2, -0.15) is 0 Å². The zero-order chi connectivity index (χ0) is 17.3. The summed E-state index contributed by atoms with van der Waals surface area (Å²) >= 11 is 3.28. The molecule has 0 saturated carbocycles. The molecule has 23 heavy (non-hydrogen) atoms. The maximum absolute atomic E-state index is 12.2. The van der Waals surface area contributed by atoms with Crippen LogP contribution in [0.2, 0.25) is 0 Å². The van der Waals surface area contributed by atoms with Gasteiger partial charge >= 0.3 is 12.1 Å². The van der Waals surface area contributed by atoms with Gasteiger partial charge in [0.1, 0.15) is 11.6 Å². The molecule has 0 unspecified atom stereocenters. The second-order valence-corrected chi connectivity index (χ2v) is 6.89. The third-order valence-corrected chi connectivity index (χ3v) is 3.34. The lowest BCUT2D eigenvalue weighted by Gasteiger charge is -2.23. The van der Waals surface area contributed by atoms with Gasteiger partial charge in [0.05, 0.1) is 6.61 Å². The molecule has 0 bridgehead atoms. The van der Waals surface area contributed by atoms with Crippen LogP contribution in [0.3, 0.4) is 0 Å². The summed E-state index contributed by atoms with van der Waals surface area (Å²) in [5.41, 5.74) is 0.312. The average molecular weight is 386 g/mol. The first-order chi connectivity index (χ1) is 10.8. The molecule has 1 amide bonds. The monoisotopic (exact) mass is 385 g/mol. The average Bonchev–Trinajstić information content (AvgIpc) is 2.46. The number of hydrogen-bond donors (Lipinski definition) is 1. The second-order valence-electron chi connectivity index (χ2n) is 6.10. The molecule has 0 spiro atoms. The van der Waals surface area contributed by atoms with Gasteiger partial charge in [0.15, 0.2) is 0 Å². The Labute approximate surface area is 145 Å². The standard InChI is InChI=1S/C17H24BrNO4/c1-17(2,3)23-16(21)19-14(15(20)22-11-7-10-18)12-13-8-5-4-6-9-13/h4-6,8-9,14H,7,10-12H2,1-3H3,(H,19,21)/t14-/m0/s1. The molecular weight excluding hydrogens is 362 g/mol. The van der Waals surface area contributed by atoms with Gasteiger partial charge in [0.25, 0.3) is 0 Å². The fourth-order valence-corrected chi connectivity index (χ4v) is 2.05. The van der Waals surface area contributed by atoms with Gasteiger partial charge in [-0.3, -0.25) is 0 Å². The van der Waals surface area contributed by atoms with Crippen LogP contribution in [-0.2, 0) is 20.7 Å². The Kier molecular flexibility index (Phi) is 8.09. The molecule has 1 rings (SSSR count). The maximum atomic E-state index is 12.2. The predicted molar refractivity (Wildman–Crippen MR) is 92.7 cm³/mol. The summed E-state index contributed by atoms with van der Waals surface area (Å²) in [5.74, 6) is -0.458. The Morgan fingerprint density at radius 2 is 1.87 bits per heavy atom. The normalized spacial score (nSPS) is 12.3. The van der Waals surface area contributed by atoms with E-state index in [2.05, 4.69) is 21.2 Å². The van der Waals surface area contributed by atoms with Crippen LogP contribution in [0.1, 0.15) is 32.8 Å². The predicted octanol–water partition coefficient (Wildman–Crippen LogP) is 3.45. The molecular formula is C17H24BrNO4. The Bertz CT molecular complexity index is 499. The first kappa shape index (κ1) is 19.5. The number of ether oxygens (including phenoxy) is 2. The summed E-state index contributed by atoms with van der Waals surface area (Å²) in [4.78, 5) is 24.2. The molecule has 0 aromatic heterocycles. The molecule has 1 N–H and O–H groups in total. The van der Waals surface area contributed by atoms with Gasteiger partial charge in [0, 0.05) is 11.8 Å². The van der Waals surface area contributed by atoms with E-state index in [-0.39, 0.29) is 0 Å². The molecule has 0 fully saturated rings. The van der Waals surface area contributed by atoms with E-state index in [1.165, 1.54) is 0 Å². The highest BCUT2D eigenvalue weighted by atomic mass is 79.9. The first-order valence-electron chi connectivity index (χ1n) is 7.58. The number of rotatable bonds is 7. The van der Waals surface area contributed by atoms with Crippen LogP contribution < -0.4 is 5.32 Å². The largest absolute Gasteiger partial charge is 0.464 e. The Morgan fingerprint density at radius 1 is 1.22 bits per heavy atom. The molecule has 6 heteroatoms.